The predicted octanol–water partition coefficient (Wildman–Crippen LogP) is 0.788. The van der Waals surface area contributed by atoms with Gasteiger partial charge in [-0.15, -0.1) is 10.2 Å². The standard InChI is InChI=1S/C11H12N6O4/c1-3-6-7(4-2)13-14-11(12-6)16-5-8(17(20)21)9(15-16)10(18)19/h5H,3-4H2,1-2H3,(H,18,19). The maximum absolute atomic E-state index is 11.0. The minimum atomic E-state index is -1.49. The Kier molecular flexibility index (Phi) is 3.87. The first kappa shape index (κ1) is 14.5. The highest BCUT2D eigenvalue weighted by Crippen LogP contribution is 2.18. The van der Waals surface area contributed by atoms with Crippen LogP contribution in [0, 0.1) is 10.1 Å². The van der Waals surface area contributed by atoms with E-state index in [0.717, 1.165) is 16.6 Å². The van der Waals surface area contributed by atoms with E-state index < -0.39 is 22.3 Å². The molecule has 2 aromatic rings. The van der Waals surface area contributed by atoms with Crippen molar-refractivity contribution in [2.75, 3.05) is 0 Å². The first-order chi connectivity index (χ1) is 9.97. The maximum atomic E-state index is 11.0. The number of aromatic carboxylic acids is 1. The van der Waals surface area contributed by atoms with Crippen LogP contribution in [0.3, 0.4) is 0 Å². The highest BCUT2D eigenvalue weighted by atomic mass is 16.6. The molecule has 0 aromatic carbocycles. The molecule has 0 aliphatic carbocycles. The Bertz CT molecular complexity index is 679. The normalized spacial score (nSPS) is 10.6. The van der Waals surface area contributed by atoms with Gasteiger partial charge in [0.2, 0.25) is 5.69 Å². The molecule has 0 saturated carbocycles. The Labute approximate surface area is 118 Å². The van der Waals surface area contributed by atoms with Gasteiger partial charge in [-0.1, -0.05) is 13.8 Å². The van der Waals surface area contributed by atoms with E-state index in [0.29, 0.717) is 18.5 Å². The lowest BCUT2D eigenvalue weighted by Crippen LogP contribution is -2.10. The van der Waals surface area contributed by atoms with Gasteiger partial charge in [0.15, 0.2) is 0 Å². The third-order valence-electron chi connectivity index (χ3n) is 2.80. The van der Waals surface area contributed by atoms with Crippen LogP contribution in [0.25, 0.3) is 5.95 Å². The molecule has 110 valence electrons. The zero-order valence-corrected chi connectivity index (χ0v) is 11.3. The monoisotopic (exact) mass is 292 g/mol. The van der Waals surface area contributed by atoms with Gasteiger partial charge in [-0.2, -0.15) is 9.78 Å². The van der Waals surface area contributed by atoms with Gasteiger partial charge in [-0.05, 0) is 12.8 Å². The SMILES string of the molecule is CCc1nnc(-n2cc([N+](=O)[O-])c(C(=O)O)n2)nc1CC. The number of aryl methyl sites for hydroxylation is 2. The number of nitrogens with zero attached hydrogens (tertiary/aromatic N) is 6. The van der Waals surface area contributed by atoms with Crippen molar-refractivity contribution < 1.29 is 14.8 Å². The van der Waals surface area contributed by atoms with Crippen LogP contribution in [0.5, 0.6) is 0 Å². The van der Waals surface area contributed by atoms with E-state index in [1.165, 1.54) is 0 Å². The lowest BCUT2D eigenvalue weighted by Gasteiger charge is -2.04. The zero-order valence-electron chi connectivity index (χ0n) is 11.3. The Balaban J connectivity index is 2.54. The van der Waals surface area contributed by atoms with Crippen molar-refractivity contribution in [3.05, 3.63) is 33.4 Å². The number of carboxylic acids is 1. The minimum Gasteiger partial charge on any atom is -0.476 e. The van der Waals surface area contributed by atoms with Crippen molar-refractivity contribution in [1.29, 1.82) is 0 Å². The predicted molar refractivity (Wildman–Crippen MR) is 69.3 cm³/mol. The van der Waals surface area contributed by atoms with E-state index in [4.69, 9.17) is 5.11 Å². The van der Waals surface area contributed by atoms with E-state index in [1.54, 1.807) is 0 Å². The van der Waals surface area contributed by atoms with Gasteiger partial charge in [-0.3, -0.25) is 10.1 Å². The topological polar surface area (TPSA) is 137 Å². The molecule has 2 heterocycles. The average Bonchev–Trinajstić information content (AvgIpc) is 2.92. The number of nitro groups is 1. The Morgan fingerprint density at radius 3 is 2.48 bits per heavy atom. The molecule has 2 rings (SSSR count). The second kappa shape index (κ2) is 5.61. The highest BCUT2D eigenvalue weighted by Gasteiger charge is 2.26. The van der Waals surface area contributed by atoms with Crippen LogP contribution >= 0.6 is 0 Å². The van der Waals surface area contributed by atoms with Crippen LogP contribution < -0.4 is 0 Å². The van der Waals surface area contributed by atoms with Crippen molar-refractivity contribution in [2.24, 2.45) is 0 Å². The summed E-state index contributed by atoms with van der Waals surface area (Å²) in [6.07, 6.45) is 2.23. The fourth-order valence-electron chi connectivity index (χ4n) is 1.78. The van der Waals surface area contributed by atoms with Crippen LogP contribution in [0.1, 0.15) is 35.7 Å². The second-order valence-electron chi connectivity index (χ2n) is 4.08. The first-order valence-electron chi connectivity index (χ1n) is 6.18. The molecule has 0 atom stereocenters. The number of hydrogen-bond donors (Lipinski definition) is 1. The van der Waals surface area contributed by atoms with Crippen molar-refractivity contribution >= 4 is 11.7 Å². The van der Waals surface area contributed by atoms with Gasteiger partial charge >= 0.3 is 11.7 Å². The first-order valence-corrected chi connectivity index (χ1v) is 6.18. The summed E-state index contributed by atoms with van der Waals surface area (Å²) in [5.74, 6) is -1.49. The fourth-order valence-corrected chi connectivity index (χ4v) is 1.78. The highest BCUT2D eigenvalue weighted by molar-refractivity contribution is 5.89. The molecule has 0 fully saturated rings. The zero-order chi connectivity index (χ0) is 15.6. The van der Waals surface area contributed by atoms with Gasteiger partial charge in [0.1, 0.15) is 6.20 Å². The molecule has 0 spiro atoms. The summed E-state index contributed by atoms with van der Waals surface area (Å²) in [6, 6.07) is 0. The summed E-state index contributed by atoms with van der Waals surface area (Å²) in [6.45, 7) is 3.80. The molecule has 0 bridgehead atoms. The summed E-state index contributed by atoms with van der Waals surface area (Å²) in [4.78, 5) is 25.2. The minimum absolute atomic E-state index is 0.000324. The van der Waals surface area contributed by atoms with Crippen LogP contribution in [0.15, 0.2) is 6.20 Å². The smallest absolute Gasteiger partial charge is 0.363 e. The Hall–Kier alpha value is -2.91. The van der Waals surface area contributed by atoms with Gasteiger partial charge in [0.05, 0.1) is 16.3 Å². The number of carbonyl (C=O) groups is 1. The number of rotatable bonds is 5. The summed E-state index contributed by atoms with van der Waals surface area (Å²) in [5, 5.41) is 31.2. The molecular weight excluding hydrogens is 280 g/mol. The van der Waals surface area contributed by atoms with Crippen molar-refractivity contribution in [3.8, 4) is 5.95 Å². The molecule has 0 radical (unpaired) electrons. The van der Waals surface area contributed by atoms with E-state index in [-0.39, 0.29) is 5.95 Å². The van der Waals surface area contributed by atoms with Crippen molar-refractivity contribution in [1.82, 2.24) is 25.0 Å². The summed E-state index contributed by atoms with van der Waals surface area (Å²) < 4.78 is 0.952. The summed E-state index contributed by atoms with van der Waals surface area (Å²) >= 11 is 0. The van der Waals surface area contributed by atoms with Crippen molar-refractivity contribution in [3.63, 3.8) is 0 Å². The van der Waals surface area contributed by atoms with Gasteiger partial charge in [0.25, 0.3) is 5.95 Å². The van der Waals surface area contributed by atoms with Crippen LogP contribution in [0.4, 0.5) is 5.69 Å². The second-order valence-corrected chi connectivity index (χ2v) is 4.08. The Morgan fingerprint density at radius 2 is 2.00 bits per heavy atom. The molecule has 21 heavy (non-hydrogen) atoms. The van der Waals surface area contributed by atoms with Crippen LogP contribution in [0.2, 0.25) is 0 Å². The van der Waals surface area contributed by atoms with Crippen LogP contribution in [-0.2, 0) is 12.8 Å². The van der Waals surface area contributed by atoms with Gasteiger partial charge < -0.3 is 5.11 Å². The molecule has 2 aromatic heterocycles. The largest absolute Gasteiger partial charge is 0.476 e. The average molecular weight is 292 g/mol. The third kappa shape index (κ3) is 2.68. The molecule has 0 aliphatic heterocycles. The van der Waals surface area contributed by atoms with E-state index >= 15 is 0 Å². The number of hydrogen-bond acceptors (Lipinski definition) is 7. The van der Waals surface area contributed by atoms with E-state index in [9.17, 15) is 14.9 Å². The van der Waals surface area contributed by atoms with Crippen molar-refractivity contribution in [2.45, 2.75) is 26.7 Å². The van der Waals surface area contributed by atoms with Gasteiger partial charge in [0, 0.05) is 0 Å². The Morgan fingerprint density at radius 1 is 1.33 bits per heavy atom. The van der Waals surface area contributed by atoms with Gasteiger partial charge in [-0.25, -0.2) is 9.78 Å². The van der Waals surface area contributed by atoms with E-state index in [1.807, 2.05) is 13.8 Å². The quantitative estimate of drug-likeness (QED) is 0.630. The lowest BCUT2D eigenvalue weighted by molar-refractivity contribution is -0.385. The third-order valence-corrected chi connectivity index (χ3v) is 2.80. The molecular formula is C11H12N6O4. The molecule has 0 unspecified atom stereocenters. The molecule has 0 saturated heterocycles. The maximum Gasteiger partial charge on any atom is 0.363 e. The lowest BCUT2D eigenvalue weighted by atomic mass is 10.2. The molecule has 10 nitrogen and oxygen atoms in total. The molecule has 10 heteroatoms. The van der Waals surface area contributed by atoms with E-state index in [2.05, 4.69) is 20.3 Å². The summed E-state index contributed by atoms with van der Waals surface area (Å²) in [5.41, 5.74) is 0.129. The van der Waals surface area contributed by atoms with Crippen LogP contribution in [-0.4, -0.2) is 41.0 Å². The summed E-state index contributed by atoms with van der Waals surface area (Å²) in [7, 11) is 0. The number of carboxylic acid groups (broad SMARTS) is 1. The molecule has 0 aliphatic rings. The fraction of sp³-hybridized carbons (Fsp3) is 0.364. The molecule has 0 amide bonds. The number of aromatic nitrogens is 5. The molecule has 1 N–H and O–H groups in total.